The zero-order chi connectivity index (χ0) is 31.0. The lowest BCUT2D eigenvalue weighted by atomic mass is 9.81. The van der Waals surface area contributed by atoms with Crippen LogP contribution in [-0.4, -0.2) is 61.2 Å². The molecule has 0 bridgehead atoms. The number of aliphatic hydroxyl groups excluding tert-OH is 1. The van der Waals surface area contributed by atoms with Gasteiger partial charge in [0.25, 0.3) is 0 Å². The third kappa shape index (κ3) is 6.39. The molecule has 1 amide bonds. The number of benzene rings is 2. The van der Waals surface area contributed by atoms with Crippen LogP contribution in [0.1, 0.15) is 36.1 Å². The van der Waals surface area contributed by atoms with Crippen molar-refractivity contribution in [1.82, 2.24) is 9.88 Å². The Hall–Kier alpha value is -3.64. The summed E-state index contributed by atoms with van der Waals surface area (Å²) >= 11 is 0. The summed E-state index contributed by atoms with van der Waals surface area (Å²) in [6.07, 6.45) is -8.63. The van der Waals surface area contributed by atoms with Gasteiger partial charge in [0.15, 0.2) is 0 Å². The summed E-state index contributed by atoms with van der Waals surface area (Å²) in [5, 5.41) is 10.0. The molecule has 4 rings (SSSR count). The Bertz CT molecular complexity index is 1410. The normalized spacial score (nSPS) is 15.2. The highest BCUT2D eigenvalue weighted by Gasteiger charge is 2.41. The van der Waals surface area contributed by atoms with Crippen LogP contribution in [0.5, 0.6) is 0 Å². The van der Waals surface area contributed by atoms with Crippen molar-refractivity contribution < 1.29 is 36.2 Å². The van der Waals surface area contributed by atoms with Crippen molar-refractivity contribution in [2.75, 3.05) is 50.1 Å². The standard InChI is InChI=1S/C30H32F6N4O2/c1-28(2,20-13-21(29(31,32)33)15-22(14-20)30(34,35)36)27(42)39(4)25-17-37-26(40-11-9-38(3)10-12-40)16-24(25)23-8-6-5-7-19(23)18-41/h5-8,13-17,41H,9-12,18H2,1-4H3. The van der Waals surface area contributed by atoms with Gasteiger partial charge in [-0.05, 0) is 61.9 Å². The van der Waals surface area contributed by atoms with Crippen LogP contribution in [0.4, 0.5) is 37.8 Å². The SMILES string of the molecule is CN1CCN(c2cc(-c3ccccc3CO)c(N(C)C(=O)C(C)(C)c3cc(C(F)(F)F)cc(C(F)(F)F)c3)cn2)CC1. The van der Waals surface area contributed by atoms with E-state index in [-0.39, 0.29) is 18.4 Å². The van der Waals surface area contributed by atoms with E-state index >= 15 is 0 Å². The molecular weight excluding hydrogens is 562 g/mol. The molecule has 1 aliphatic heterocycles. The van der Waals surface area contributed by atoms with Crippen molar-refractivity contribution in [1.29, 1.82) is 0 Å². The van der Waals surface area contributed by atoms with Gasteiger partial charge in [-0.1, -0.05) is 24.3 Å². The summed E-state index contributed by atoms with van der Waals surface area (Å²) in [6.45, 7) is 5.33. The van der Waals surface area contributed by atoms with Crippen molar-refractivity contribution in [2.45, 2.75) is 38.2 Å². The number of halogens is 6. The molecule has 0 saturated carbocycles. The van der Waals surface area contributed by atoms with Crippen LogP contribution in [0, 0.1) is 0 Å². The molecule has 3 aromatic rings. The number of likely N-dealkylation sites (N-methyl/N-ethyl adjacent to an activating group) is 2. The second-order valence-corrected chi connectivity index (χ2v) is 10.9. The molecule has 0 spiro atoms. The molecule has 42 heavy (non-hydrogen) atoms. The van der Waals surface area contributed by atoms with Crippen LogP contribution in [-0.2, 0) is 29.2 Å². The lowest BCUT2D eigenvalue weighted by Gasteiger charge is -2.35. The number of anilines is 2. The van der Waals surface area contributed by atoms with E-state index in [2.05, 4.69) is 14.8 Å². The molecule has 226 valence electrons. The first kappa shape index (κ1) is 31.3. The molecule has 0 unspecified atom stereocenters. The van der Waals surface area contributed by atoms with E-state index in [0.29, 0.717) is 47.7 Å². The Labute approximate surface area is 240 Å². The second kappa shape index (κ2) is 11.6. The largest absolute Gasteiger partial charge is 0.416 e. The predicted octanol–water partition coefficient (Wildman–Crippen LogP) is 5.97. The van der Waals surface area contributed by atoms with E-state index in [4.69, 9.17) is 0 Å². The number of aromatic nitrogens is 1. The number of hydrogen-bond donors (Lipinski definition) is 1. The minimum absolute atomic E-state index is 0.0404. The monoisotopic (exact) mass is 594 g/mol. The first-order valence-electron chi connectivity index (χ1n) is 13.2. The van der Waals surface area contributed by atoms with E-state index in [1.54, 1.807) is 30.3 Å². The summed E-state index contributed by atoms with van der Waals surface area (Å²) in [7, 11) is 3.42. The smallest absolute Gasteiger partial charge is 0.392 e. The van der Waals surface area contributed by atoms with Crippen LogP contribution in [0.25, 0.3) is 11.1 Å². The number of hydrogen-bond acceptors (Lipinski definition) is 5. The first-order valence-corrected chi connectivity index (χ1v) is 13.2. The minimum atomic E-state index is -5.05. The number of aliphatic hydroxyl groups is 1. The number of carbonyl (C=O) groups excluding carboxylic acids is 1. The van der Waals surface area contributed by atoms with Crippen molar-refractivity contribution in [3.63, 3.8) is 0 Å². The highest BCUT2D eigenvalue weighted by molar-refractivity contribution is 6.03. The van der Waals surface area contributed by atoms with Gasteiger partial charge in [0.05, 0.1) is 35.0 Å². The molecule has 1 N–H and O–H groups in total. The molecule has 0 aliphatic carbocycles. The molecule has 0 atom stereocenters. The topological polar surface area (TPSA) is 59.9 Å². The first-order chi connectivity index (χ1) is 19.5. The van der Waals surface area contributed by atoms with Gasteiger partial charge in [-0.15, -0.1) is 0 Å². The molecule has 1 aliphatic rings. The Morgan fingerprint density at radius 2 is 1.43 bits per heavy atom. The molecule has 0 radical (unpaired) electrons. The van der Waals surface area contributed by atoms with Crippen LogP contribution in [0.15, 0.2) is 54.7 Å². The van der Waals surface area contributed by atoms with Crippen LogP contribution < -0.4 is 9.80 Å². The fourth-order valence-electron chi connectivity index (χ4n) is 5.02. The minimum Gasteiger partial charge on any atom is -0.392 e. The molecule has 1 aromatic heterocycles. The number of alkyl halides is 6. The fraction of sp³-hybridized carbons (Fsp3) is 0.400. The highest BCUT2D eigenvalue weighted by Crippen LogP contribution is 2.41. The van der Waals surface area contributed by atoms with Gasteiger partial charge in [-0.3, -0.25) is 4.79 Å². The Kier molecular flexibility index (Phi) is 8.62. The molecular formula is C30H32F6N4O2. The zero-order valence-corrected chi connectivity index (χ0v) is 23.6. The summed E-state index contributed by atoms with van der Waals surface area (Å²) in [5.74, 6) is -0.103. The van der Waals surface area contributed by atoms with Crippen LogP contribution in [0.2, 0.25) is 0 Å². The van der Waals surface area contributed by atoms with E-state index in [0.717, 1.165) is 13.1 Å². The van der Waals surface area contributed by atoms with Gasteiger partial charge in [0, 0.05) is 38.8 Å². The maximum absolute atomic E-state index is 13.9. The van der Waals surface area contributed by atoms with Crippen LogP contribution >= 0.6 is 0 Å². The van der Waals surface area contributed by atoms with Crippen molar-refractivity contribution in [2.24, 2.45) is 0 Å². The van der Waals surface area contributed by atoms with Gasteiger partial charge in [0.2, 0.25) is 5.91 Å². The van der Waals surface area contributed by atoms with Gasteiger partial charge in [-0.2, -0.15) is 26.3 Å². The number of carbonyl (C=O) groups is 1. The molecule has 2 aromatic carbocycles. The predicted molar refractivity (Wildman–Crippen MR) is 148 cm³/mol. The maximum Gasteiger partial charge on any atom is 0.416 e. The highest BCUT2D eigenvalue weighted by atomic mass is 19.4. The van der Waals surface area contributed by atoms with E-state index in [1.165, 1.54) is 32.0 Å². The molecule has 2 heterocycles. The Balaban J connectivity index is 1.81. The number of nitrogens with zero attached hydrogens (tertiary/aromatic N) is 4. The number of pyridine rings is 1. The Morgan fingerprint density at radius 3 is 1.98 bits per heavy atom. The molecule has 6 nitrogen and oxygen atoms in total. The second-order valence-electron chi connectivity index (χ2n) is 10.9. The van der Waals surface area contributed by atoms with Gasteiger partial charge < -0.3 is 19.8 Å². The fourth-order valence-corrected chi connectivity index (χ4v) is 5.02. The average molecular weight is 595 g/mol. The average Bonchev–Trinajstić information content (AvgIpc) is 2.95. The van der Waals surface area contributed by atoms with Gasteiger partial charge in [0.1, 0.15) is 5.82 Å². The molecule has 1 saturated heterocycles. The van der Waals surface area contributed by atoms with Gasteiger partial charge in [-0.25, -0.2) is 4.98 Å². The summed E-state index contributed by atoms with van der Waals surface area (Å²) in [4.78, 5) is 23.9. The van der Waals surface area contributed by atoms with Crippen molar-refractivity contribution in [3.05, 3.63) is 77.0 Å². The third-order valence-corrected chi connectivity index (χ3v) is 7.68. The number of amides is 1. The summed E-state index contributed by atoms with van der Waals surface area (Å²) in [6, 6.07) is 10.0. The number of piperazine rings is 1. The van der Waals surface area contributed by atoms with E-state index in [1.807, 2.05) is 7.05 Å². The van der Waals surface area contributed by atoms with Crippen molar-refractivity contribution in [3.8, 4) is 11.1 Å². The lowest BCUT2D eigenvalue weighted by molar-refractivity contribution is -0.143. The maximum atomic E-state index is 13.9. The van der Waals surface area contributed by atoms with Gasteiger partial charge >= 0.3 is 12.4 Å². The van der Waals surface area contributed by atoms with Crippen LogP contribution in [0.3, 0.4) is 0 Å². The summed E-state index contributed by atoms with van der Waals surface area (Å²) < 4.78 is 81.5. The number of rotatable bonds is 6. The zero-order valence-electron chi connectivity index (χ0n) is 23.6. The Morgan fingerprint density at radius 1 is 0.881 bits per heavy atom. The van der Waals surface area contributed by atoms with E-state index < -0.39 is 40.4 Å². The molecule has 1 fully saturated rings. The quantitative estimate of drug-likeness (QED) is 0.357. The third-order valence-electron chi connectivity index (χ3n) is 7.68. The molecule has 12 heteroatoms. The summed E-state index contributed by atoms with van der Waals surface area (Å²) in [5.41, 5.74) is -3.20. The lowest BCUT2D eigenvalue weighted by Crippen LogP contribution is -2.45. The van der Waals surface area contributed by atoms with E-state index in [9.17, 15) is 36.2 Å². The van der Waals surface area contributed by atoms with Crippen molar-refractivity contribution >= 4 is 17.4 Å².